The van der Waals surface area contributed by atoms with Crippen molar-refractivity contribution in [1.29, 1.82) is 0 Å². The summed E-state index contributed by atoms with van der Waals surface area (Å²) in [5.74, 6) is 0. The van der Waals surface area contributed by atoms with E-state index in [1.54, 1.807) is 0 Å². The molecular formula is C12H19BrN2O. The van der Waals surface area contributed by atoms with Crippen LogP contribution in [0, 0.1) is 0 Å². The first-order chi connectivity index (χ1) is 7.63. The number of halogens is 1. The molecule has 1 aromatic carbocycles. The van der Waals surface area contributed by atoms with Gasteiger partial charge in [0.25, 0.3) is 0 Å². The van der Waals surface area contributed by atoms with E-state index in [0.29, 0.717) is 6.54 Å². The van der Waals surface area contributed by atoms with Crippen molar-refractivity contribution < 1.29 is 5.11 Å². The fourth-order valence-electron chi connectivity index (χ4n) is 1.55. The van der Waals surface area contributed by atoms with Crippen LogP contribution < -0.4 is 5.73 Å². The zero-order valence-electron chi connectivity index (χ0n) is 9.56. The molecule has 1 atom stereocenters. The second-order valence-electron chi connectivity index (χ2n) is 3.98. The number of nitrogens with zero attached hydrogens (tertiary/aromatic N) is 1. The van der Waals surface area contributed by atoms with Gasteiger partial charge in [-0.25, -0.2) is 0 Å². The average Bonchev–Trinajstić information content (AvgIpc) is 2.26. The third kappa shape index (κ3) is 4.61. The van der Waals surface area contributed by atoms with Gasteiger partial charge in [0.1, 0.15) is 0 Å². The Balaban J connectivity index is 2.43. The minimum absolute atomic E-state index is 0.0543. The fourth-order valence-corrected chi connectivity index (χ4v) is 1.96. The molecule has 1 rings (SSSR count). The Morgan fingerprint density at radius 1 is 1.44 bits per heavy atom. The maximum Gasteiger partial charge on any atom is 0.0558 e. The van der Waals surface area contributed by atoms with Gasteiger partial charge >= 0.3 is 0 Å². The largest absolute Gasteiger partial charge is 0.395 e. The van der Waals surface area contributed by atoms with E-state index in [1.165, 1.54) is 0 Å². The van der Waals surface area contributed by atoms with E-state index in [2.05, 4.69) is 26.9 Å². The van der Waals surface area contributed by atoms with Crippen molar-refractivity contribution >= 4 is 15.9 Å². The molecule has 0 saturated carbocycles. The lowest BCUT2D eigenvalue weighted by Crippen LogP contribution is -2.26. The van der Waals surface area contributed by atoms with E-state index >= 15 is 0 Å². The molecule has 0 bridgehead atoms. The smallest absolute Gasteiger partial charge is 0.0558 e. The first kappa shape index (κ1) is 13.6. The summed E-state index contributed by atoms with van der Waals surface area (Å²) in [7, 11) is 1.99. The molecule has 4 heteroatoms. The van der Waals surface area contributed by atoms with E-state index < -0.39 is 0 Å². The van der Waals surface area contributed by atoms with E-state index in [0.717, 1.165) is 23.0 Å². The lowest BCUT2D eigenvalue weighted by Gasteiger charge is -2.18. The fraction of sp³-hybridized carbons (Fsp3) is 0.500. The standard InChI is InChI=1S/C12H19BrN2O/c1-15(7-8-16)6-5-12(14)10-3-2-4-11(13)9-10/h2-4,9,12,16H,5-8,14H2,1H3. The molecule has 0 aromatic heterocycles. The predicted octanol–water partition coefficient (Wildman–Crippen LogP) is 1.76. The summed E-state index contributed by atoms with van der Waals surface area (Å²) in [5.41, 5.74) is 7.24. The van der Waals surface area contributed by atoms with Crippen LogP contribution in [0.2, 0.25) is 0 Å². The Hall–Kier alpha value is -0.420. The number of likely N-dealkylation sites (N-methyl/N-ethyl adjacent to an activating group) is 1. The van der Waals surface area contributed by atoms with E-state index in [9.17, 15) is 0 Å². The molecule has 0 saturated heterocycles. The van der Waals surface area contributed by atoms with Gasteiger partial charge in [-0.15, -0.1) is 0 Å². The molecule has 0 radical (unpaired) electrons. The SMILES string of the molecule is CN(CCO)CCC(N)c1cccc(Br)c1. The number of nitrogens with two attached hydrogens (primary N) is 1. The topological polar surface area (TPSA) is 49.5 Å². The van der Waals surface area contributed by atoms with Gasteiger partial charge in [-0.1, -0.05) is 28.1 Å². The third-order valence-corrected chi connectivity index (χ3v) is 3.07. The highest BCUT2D eigenvalue weighted by Crippen LogP contribution is 2.18. The van der Waals surface area contributed by atoms with Gasteiger partial charge in [-0.3, -0.25) is 0 Å². The van der Waals surface area contributed by atoms with Gasteiger partial charge < -0.3 is 15.7 Å². The van der Waals surface area contributed by atoms with Crippen LogP contribution in [-0.4, -0.2) is 36.8 Å². The highest BCUT2D eigenvalue weighted by molar-refractivity contribution is 9.10. The van der Waals surface area contributed by atoms with Crippen molar-refractivity contribution in [3.8, 4) is 0 Å². The molecule has 16 heavy (non-hydrogen) atoms. The average molecular weight is 287 g/mol. The molecule has 0 amide bonds. The number of benzene rings is 1. The molecule has 0 spiro atoms. The molecule has 3 nitrogen and oxygen atoms in total. The number of aliphatic hydroxyl groups is 1. The summed E-state index contributed by atoms with van der Waals surface area (Å²) in [4.78, 5) is 2.08. The number of hydrogen-bond donors (Lipinski definition) is 2. The minimum Gasteiger partial charge on any atom is -0.395 e. The van der Waals surface area contributed by atoms with E-state index in [4.69, 9.17) is 10.8 Å². The van der Waals surface area contributed by atoms with Crippen LogP contribution in [0.25, 0.3) is 0 Å². The molecule has 0 aliphatic heterocycles. The Bertz CT molecular complexity index is 320. The first-order valence-electron chi connectivity index (χ1n) is 5.44. The monoisotopic (exact) mass is 286 g/mol. The second kappa shape index (κ2) is 7.01. The summed E-state index contributed by atoms with van der Waals surface area (Å²) in [5, 5.41) is 8.78. The molecule has 90 valence electrons. The van der Waals surface area contributed by atoms with Crippen LogP contribution in [0.15, 0.2) is 28.7 Å². The highest BCUT2D eigenvalue weighted by Gasteiger charge is 2.07. The van der Waals surface area contributed by atoms with Crippen LogP contribution in [0.1, 0.15) is 18.0 Å². The van der Waals surface area contributed by atoms with Crippen LogP contribution >= 0.6 is 15.9 Å². The van der Waals surface area contributed by atoms with Crippen molar-refractivity contribution in [2.75, 3.05) is 26.7 Å². The highest BCUT2D eigenvalue weighted by atomic mass is 79.9. The Morgan fingerprint density at radius 2 is 2.19 bits per heavy atom. The van der Waals surface area contributed by atoms with Gasteiger partial charge in [-0.2, -0.15) is 0 Å². The maximum absolute atomic E-state index is 8.78. The normalized spacial score (nSPS) is 13.1. The molecular weight excluding hydrogens is 268 g/mol. The summed E-state index contributed by atoms with van der Waals surface area (Å²) in [6.45, 7) is 1.79. The van der Waals surface area contributed by atoms with Gasteiger partial charge in [-0.05, 0) is 37.7 Å². The van der Waals surface area contributed by atoms with Crippen molar-refractivity contribution in [2.24, 2.45) is 5.73 Å². The van der Waals surface area contributed by atoms with Gasteiger partial charge in [0.15, 0.2) is 0 Å². The van der Waals surface area contributed by atoms with Crippen molar-refractivity contribution in [3.63, 3.8) is 0 Å². The van der Waals surface area contributed by atoms with Crippen molar-refractivity contribution in [3.05, 3.63) is 34.3 Å². The van der Waals surface area contributed by atoms with E-state index in [-0.39, 0.29) is 12.6 Å². The summed E-state index contributed by atoms with van der Waals surface area (Å²) in [6, 6.07) is 8.14. The quantitative estimate of drug-likeness (QED) is 0.838. The summed E-state index contributed by atoms with van der Waals surface area (Å²) < 4.78 is 1.06. The van der Waals surface area contributed by atoms with E-state index in [1.807, 2.05) is 25.2 Å². The van der Waals surface area contributed by atoms with Crippen LogP contribution in [0.3, 0.4) is 0 Å². The Morgan fingerprint density at radius 3 is 2.81 bits per heavy atom. The lowest BCUT2D eigenvalue weighted by molar-refractivity contribution is 0.217. The number of rotatable bonds is 6. The number of aliphatic hydroxyl groups excluding tert-OH is 1. The van der Waals surface area contributed by atoms with Crippen molar-refractivity contribution in [1.82, 2.24) is 4.90 Å². The lowest BCUT2D eigenvalue weighted by atomic mass is 10.0. The zero-order chi connectivity index (χ0) is 12.0. The Kier molecular flexibility index (Phi) is 5.98. The number of hydrogen-bond acceptors (Lipinski definition) is 3. The predicted molar refractivity (Wildman–Crippen MR) is 70.3 cm³/mol. The maximum atomic E-state index is 8.78. The van der Waals surface area contributed by atoms with Gasteiger partial charge in [0.05, 0.1) is 6.61 Å². The Labute approximate surface area is 105 Å². The van der Waals surface area contributed by atoms with Crippen molar-refractivity contribution in [2.45, 2.75) is 12.5 Å². The molecule has 3 N–H and O–H groups in total. The van der Waals surface area contributed by atoms with Crippen LogP contribution in [0.5, 0.6) is 0 Å². The van der Waals surface area contributed by atoms with Gasteiger partial charge in [0.2, 0.25) is 0 Å². The van der Waals surface area contributed by atoms with Gasteiger partial charge in [0, 0.05) is 17.1 Å². The molecule has 1 aromatic rings. The molecule has 1 unspecified atom stereocenters. The van der Waals surface area contributed by atoms with Crippen LogP contribution in [-0.2, 0) is 0 Å². The summed E-state index contributed by atoms with van der Waals surface area (Å²) >= 11 is 3.44. The summed E-state index contributed by atoms with van der Waals surface area (Å²) in [6.07, 6.45) is 0.896. The molecule has 0 heterocycles. The second-order valence-corrected chi connectivity index (χ2v) is 4.89. The third-order valence-electron chi connectivity index (χ3n) is 2.58. The zero-order valence-corrected chi connectivity index (χ0v) is 11.2. The molecule has 0 fully saturated rings. The van der Waals surface area contributed by atoms with Crippen LogP contribution in [0.4, 0.5) is 0 Å². The molecule has 0 aliphatic rings. The minimum atomic E-state index is 0.0543. The molecule has 0 aliphatic carbocycles. The first-order valence-corrected chi connectivity index (χ1v) is 6.23.